The van der Waals surface area contributed by atoms with E-state index < -0.39 is 21.9 Å². The van der Waals surface area contributed by atoms with Crippen molar-refractivity contribution in [1.82, 2.24) is 0 Å². The second kappa shape index (κ2) is 9.03. The van der Waals surface area contributed by atoms with Gasteiger partial charge in [0.2, 0.25) is 0 Å². The number of ketones is 1. The van der Waals surface area contributed by atoms with Crippen LogP contribution in [0, 0.1) is 6.92 Å². The van der Waals surface area contributed by atoms with Gasteiger partial charge in [-0.3, -0.25) is 14.3 Å². The number of amides is 1. The molecule has 1 amide bonds. The first-order chi connectivity index (χ1) is 15.1. The van der Waals surface area contributed by atoms with Crippen molar-refractivity contribution in [2.24, 2.45) is 0 Å². The summed E-state index contributed by atoms with van der Waals surface area (Å²) in [5.41, 5.74) is 1.75. The number of nitrogens with one attached hydrogen (secondary N) is 2. The zero-order valence-corrected chi connectivity index (χ0v) is 18.1. The molecule has 0 bridgehead atoms. The van der Waals surface area contributed by atoms with E-state index in [9.17, 15) is 22.8 Å². The van der Waals surface area contributed by atoms with Crippen LogP contribution in [0.5, 0.6) is 0 Å². The Bertz CT molecular complexity index is 1300. The highest BCUT2D eigenvalue weighted by Gasteiger charge is 2.20. The Balaban J connectivity index is 1.82. The summed E-state index contributed by atoms with van der Waals surface area (Å²) in [7, 11) is -4.00. The molecule has 3 aromatic rings. The Morgan fingerprint density at radius 2 is 1.31 bits per heavy atom. The number of Topliss-reactive ketones (excluding diaryl/α,β-unsaturated/α-hetero) is 1. The van der Waals surface area contributed by atoms with E-state index in [4.69, 9.17) is 5.11 Å². The molecule has 0 saturated carbocycles. The highest BCUT2D eigenvalue weighted by atomic mass is 32.2. The Morgan fingerprint density at radius 1 is 0.781 bits per heavy atom. The van der Waals surface area contributed by atoms with Crippen LogP contribution in [0.1, 0.15) is 43.6 Å². The number of aromatic carboxylic acids is 1. The van der Waals surface area contributed by atoms with Crippen molar-refractivity contribution in [3.05, 3.63) is 89.0 Å². The van der Waals surface area contributed by atoms with Crippen LogP contribution >= 0.6 is 0 Å². The lowest BCUT2D eigenvalue weighted by atomic mass is 10.1. The van der Waals surface area contributed by atoms with Crippen LogP contribution in [-0.2, 0) is 10.0 Å². The smallest absolute Gasteiger partial charge is 0.335 e. The summed E-state index contributed by atoms with van der Waals surface area (Å²) in [5, 5.41) is 11.6. The molecular formula is C23H20N2O6S. The van der Waals surface area contributed by atoms with Gasteiger partial charge in [0.25, 0.3) is 15.9 Å². The van der Waals surface area contributed by atoms with Gasteiger partial charge in [0.05, 0.1) is 10.5 Å². The van der Waals surface area contributed by atoms with E-state index in [1.807, 2.05) is 0 Å². The number of rotatable bonds is 7. The number of carbonyl (C=O) groups is 3. The zero-order valence-electron chi connectivity index (χ0n) is 17.2. The van der Waals surface area contributed by atoms with E-state index in [1.54, 1.807) is 6.92 Å². The number of carboxylic acids is 1. The Labute approximate surface area is 185 Å². The van der Waals surface area contributed by atoms with Gasteiger partial charge in [-0.05, 0) is 80.1 Å². The Morgan fingerprint density at radius 3 is 1.88 bits per heavy atom. The molecule has 0 aliphatic rings. The minimum Gasteiger partial charge on any atom is -0.478 e. The number of hydrogen-bond donors (Lipinski definition) is 3. The normalized spacial score (nSPS) is 10.9. The van der Waals surface area contributed by atoms with E-state index in [0.29, 0.717) is 16.8 Å². The fourth-order valence-electron chi connectivity index (χ4n) is 2.91. The summed E-state index contributed by atoms with van der Waals surface area (Å²) >= 11 is 0. The molecule has 0 radical (unpaired) electrons. The number of carbonyl (C=O) groups excluding carboxylic acids is 2. The molecule has 3 N–H and O–H groups in total. The first kappa shape index (κ1) is 22.7. The molecule has 0 atom stereocenters. The van der Waals surface area contributed by atoms with E-state index in [-0.39, 0.29) is 27.5 Å². The van der Waals surface area contributed by atoms with Crippen LogP contribution in [0.15, 0.2) is 71.6 Å². The molecule has 0 aliphatic heterocycles. The third-order valence-corrected chi connectivity index (χ3v) is 6.20. The largest absolute Gasteiger partial charge is 0.478 e. The third kappa shape index (κ3) is 5.19. The lowest BCUT2D eigenvalue weighted by Gasteiger charge is -2.12. The topological polar surface area (TPSA) is 130 Å². The van der Waals surface area contributed by atoms with Gasteiger partial charge < -0.3 is 10.4 Å². The summed E-state index contributed by atoms with van der Waals surface area (Å²) in [6.07, 6.45) is 0. The van der Waals surface area contributed by atoms with Gasteiger partial charge in [0.15, 0.2) is 5.78 Å². The molecule has 0 aromatic heterocycles. The number of sulfonamides is 1. The van der Waals surface area contributed by atoms with Gasteiger partial charge in [-0.2, -0.15) is 0 Å². The summed E-state index contributed by atoms with van der Waals surface area (Å²) < 4.78 is 28.3. The number of carboxylic acid groups (broad SMARTS) is 1. The van der Waals surface area contributed by atoms with Gasteiger partial charge in [-0.25, -0.2) is 13.2 Å². The molecule has 9 heteroatoms. The maximum atomic E-state index is 12.9. The maximum Gasteiger partial charge on any atom is 0.335 e. The van der Waals surface area contributed by atoms with Crippen LogP contribution < -0.4 is 10.0 Å². The first-order valence-electron chi connectivity index (χ1n) is 9.46. The predicted octanol–water partition coefficient (Wildman–Crippen LogP) is 3.95. The van der Waals surface area contributed by atoms with Crippen molar-refractivity contribution >= 4 is 39.1 Å². The van der Waals surface area contributed by atoms with Gasteiger partial charge in [0.1, 0.15) is 0 Å². The van der Waals surface area contributed by atoms with Crippen LogP contribution in [0.4, 0.5) is 11.4 Å². The van der Waals surface area contributed by atoms with E-state index in [2.05, 4.69) is 10.0 Å². The van der Waals surface area contributed by atoms with Crippen molar-refractivity contribution < 1.29 is 27.9 Å². The average molecular weight is 452 g/mol. The van der Waals surface area contributed by atoms with Crippen molar-refractivity contribution in [2.75, 3.05) is 10.0 Å². The third-order valence-electron chi connectivity index (χ3n) is 4.67. The molecule has 0 heterocycles. The standard InChI is InChI=1S/C23H20N2O6S/c1-14-3-4-18(22(27)24-19-9-7-17(8-10-19)23(28)29)13-21(14)32(30,31)25-20-11-5-16(6-12-20)15(2)26/h3-13,25H,1-2H3,(H,24,27)(H,28,29). The summed E-state index contributed by atoms with van der Waals surface area (Å²) in [6, 6.07) is 15.9. The monoisotopic (exact) mass is 452 g/mol. The summed E-state index contributed by atoms with van der Waals surface area (Å²) in [6.45, 7) is 3.03. The summed E-state index contributed by atoms with van der Waals surface area (Å²) in [4.78, 5) is 34.9. The second-order valence-electron chi connectivity index (χ2n) is 7.06. The zero-order chi connectivity index (χ0) is 23.5. The lowest BCUT2D eigenvalue weighted by molar-refractivity contribution is 0.0696. The van der Waals surface area contributed by atoms with Gasteiger partial charge in [-0.1, -0.05) is 6.07 Å². The second-order valence-corrected chi connectivity index (χ2v) is 8.71. The molecule has 0 spiro atoms. The fraction of sp³-hybridized carbons (Fsp3) is 0.0870. The van der Waals surface area contributed by atoms with Crippen LogP contribution in [0.25, 0.3) is 0 Å². The SMILES string of the molecule is CC(=O)c1ccc(NS(=O)(=O)c2cc(C(=O)Nc3ccc(C(=O)O)cc3)ccc2C)cc1. The van der Waals surface area contributed by atoms with Crippen LogP contribution in [-0.4, -0.2) is 31.2 Å². The highest BCUT2D eigenvalue weighted by Crippen LogP contribution is 2.22. The van der Waals surface area contributed by atoms with Gasteiger partial charge >= 0.3 is 5.97 Å². The molecule has 8 nitrogen and oxygen atoms in total. The minimum absolute atomic E-state index is 0.0676. The van der Waals surface area contributed by atoms with Crippen molar-refractivity contribution in [3.63, 3.8) is 0 Å². The molecule has 3 rings (SSSR count). The van der Waals surface area contributed by atoms with Crippen molar-refractivity contribution in [2.45, 2.75) is 18.7 Å². The predicted molar refractivity (Wildman–Crippen MR) is 120 cm³/mol. The number of hydrogen-bond acceptors (Lipinski definition) is 5. The fourth-order valence-corrected chi connectivity index (χ4v) is 4.24. The van der Waals surface area contributed by atoms with Crippen molar-refractivity contribution in [1.29, 1.82) is 0 Å². The molecule has 0 fully saturated rings. The quantitative estimate of drug-likeness (QED) is 0.466. The number of anilines is 2. The first-order valence-corrected chi connectivity index (χ1v) is 10.9. The van der Waals surface area contributed by atoms with E-state index >= 15 is 0 Å². The molecular weight excluding hydrogens is 432 g/mol. The maximum absolute atomic E-state index is 12.9. The minimum atomic E-state index is -4.00. The molecule has 0 aliphatic carbocycles. The molecule has 32 heavy (non-hydrogen) atoms. The van der Waals surface area contributed by atoms with Crippen LogP contribution in [0.3, 0.4) is 0 Å². The molecule has 0 unspecified atom stereocenters. The van der Waals surface area contributed by atoms with E-state index in [1.165, 1.54) is 73.7 Å². The highest BCUT2D eigenvalue weighted by molar-refractivity contribution is 7.92. The average Bonchev–Trinajstić information content (AvgIpc) is 2.74. The number of aryl methyl sites for hydroxylation is 1. The molecule has 3 aromatic carbocycles. The Hall–Kier alpha value is -3.98. The Kier molecular flexibility index (Phi) is 6.40. The molecule has 164 valence electrons. The molecule has 0 saturated heterocycles. The van der Waals surface area contributed by atoms with Crippen LogP contribution in [0.2, 0.25) is 0 Å². The van der Waals surface area contributed by atoms with Crippen molar-refractivity contribution in [3.8, 4) is 0 Å². The van der Waals surface area contributed by atoms with E-state index in [0.717, 1.165) is 0 Å². The summed E-state index contributed by atoms with van der Waals surface area (Å²) in [5.74, 6) is -1.76. The van der Waals surface area contributed by atoms with Gasteiger partial charge in [-0.15, -0.1) is 0 Å². The van der Waals surface area contributed by atoms with Gasteiger partial charge in [0, 0.05) is 22.5 Å². The number of benzene rings is 3. The lowest BCUT2D eigenvalue weighted by Crippen LogP contribution is -2.17.